The Morgan fingerprint density at radius 1 is 1.14 bits per heavy atom. The molecule has 0 spiro atoms. The Kier molecular flexibility index (Phi) is 7.60. The molecule has 1 saturated heterocycles. The van der Waals surface area contributed by atoms with Crippen molar-refractivity contribution < 1.29 is 22.7 Å². The summed E-state index contributed by atoms with van der Waals surface area (Å²) in [5.74, 6) is -0.0857. The molecule has 2 rings (SSSR count). The number of carbonyl (C=O) groups is 2. The highest BCUT2D eigenvalue weighted by atomic mass is 32.2. The van der Waals surface area contributed by atoms with Crippen LogP contribution in [0.3, 0.4) is 0 Å². The lowest BCUT2D eigenvalue weighted by molar-refractivity contribution is -0.137. The SMILES string of the molecule is CCN(CC)S(=O)(=O)c1cccc(C(=O)OCC(=O)N2C[C@H](C)C[C@@H](C)C2)c1. The van der Waals surface area contributed by atoms with Crippen LogP contribution in [-0.4, -0.2) is 62.3 Å². The largest absolute Gasteiger partial charge is 0.452 e. The quantitative estimate of drug-likeness (QED) is 0.645. The number of likely N-dealkylation sites (tertiary alicyclic amines) is 1. The van der Waals surface area contributed by atoms with Crippen molar-refractivity contribution in [2.45, 2.75) is 39.0 Å². The van der Waals surface area contributed by atoms with Gasteiger partial charge in [0.1, 0.15) is 0 Å². The highest BCUT2D eigenvalue weighted by molar-refractivity contribution is 7.89. The minimum atomic E-state index is -3.67. The maximum atomic E-state index is 12.6. The molecule has 1 aromatic rings. The number of sulfonamides is 1. The van der Waals surface area contributed by atoms with E-state index in [1.807, 2.05) is 0 Å². The summed E-state index contributed by atoms with van der Waals surface area (Å²) in [6.45, 7) is 9.39. The van der Waals surface area contributed by atoms with Crippen LogP contribution < -0.4 is 0 Å². The van der Waals surface area contributed by atoms with E-state index in [1.54, 1.807) is 18.7 Å². The second kappa shape index (κ2) is 9.52. The van der Waals surface area contributed by atoms with E-state index in [0.717, 1.165) is 6.42 Å². The number of benzene rings is 1. The van der Waals surface area contributed by atoms with Gasteiger partial charge in [0.15, 0.2) is 6.61 Å². The predicted molar refractivity (Wildman–Crippen MR) is 106 cm³/mol. The lowest BCUT2D eigenvalue weighted by Gasteiger charge is -2.34. The van der Waals surface area contributed by atoms with Crippen molar-refractivity contribution in [3.63, 3.8) is 0 Å². The van der Waals surface area contributed by atoms with Crippen molar-refractivity contribution in [2.75, 3.05) is 32.8 Å². The van der Waals surface area contributed by atoms with E-state index >= 15 is 0 Å². The van der Waals surface area contributed by atoms with Crippen LogP contribution in [0.1, 0.15) is 44.5 Å². The average molecular weight is 411 g/mol. The van der Waals surface area contributed by atoms with E-state index in [2.05, 4.69) is 13.8 Å². The molecule has 2 atom stereocenters. The maximum absolute atomic E-state index is 12.6. The van der Waals surface area contributed by atoms with Gasteiger partial charge in [-0.05, 0) is 36.5 Å². The third-order valence-corrected chi connectivity index (χ3v) is 7.01. The average Bonchev–Trinajstić information content (AvgIpc) is 2.66. The van der Waals surface area contributed by atoms with Crippen molar-refractivity contribution in [3.8, 4) is 0 Å². The van der Waals surface area contributed by atoms with Crippen molar-refractivity contribution in [1.82, 2.24) is 9.21 Å². The number of amides is 1. The second-order valence-corrected chi connectivity index (χ2v) is 9.38. The van der Waals surface area contributed by atoms with Crippen LogP contribution in [0, 0.1) is 11.8 Å². The highest BCUT2D eigenvalue weighted by Gasteiger charge is 2.26. The summed E-state index contributed by atoms with van der Waals surface area (Å²) in [5.41, 5.74) is 0.112. The monoisotopic (exact) mass is 410 g/mol. The standard InChI is InChI=1S/C20H30N2O5S/c1-5-22(6-2)28(25,26)18-9-7-8-17(11-18)20(24)27-14-19(23)21-12-15(3)10-16(4)13-21/h7-9,11,15-16H,5-6,10,12-14H2,1-4H3/t15-,16-/m1/s1. The summed E-state index contributed by atoms with van der Waals surface area (Å²) in [7, 11) is -3.67. The highest BCUT2D eigenvalue weighted by Crippen LogP contribution is 2.21. The molecule has 0 unspecified atom stereocenters. The summed E-state index contributed by atoms with van der Waals surface area (Å²) < 4.78 is 31.7. The molecular formula is C20H30N2O5S. The Morgan fingerprint density at radius 3 is 2.32 bits per heavy atom. The molecule has 0 saturated carbocycles. The lowest BCUT2D eigenvalue weighted by Crippen LogP contribution is -2.44. The van der Waals surface area contributed by atoms with Crippen LogP contribution in [0.2, 0.25) is 0 Å². The number of hydrogen-bond donors (Lipinski definition) is 0. The van der Waals surface area contributed by atoms with Gasteiger partial charge in [-0.2, -0.15) is 4.31 Å². The molecule has 28 heavy (non-hydrogen) atoms. The van der Waals surface area contributed by atoms with Crippen LogP contribution in [0.4, 0.5) is 0 Å². The Balaban J connectivity index is 2.04. The number of piperidine rings is 1. The molecule has 1 aliphatic rings. The third kappa shape index (κ3) is 5.32. The normalized spacial score (nSPS) is 20.2. The molecule has 1 aliphatic heterocycles. The third-order valence-electron chi connectivity index (χ3n) is 4.96. The first kappa shape index (κ1) is 22.4. The first-order valence-electron chi connectivity index (χ1n) is 9.74. The molecule has 8 heteroatoms. The molecule has 7 nitrogen and oxygen atoms in total. The second-order valence-electron chi connectivity index (χ2n) is 7.44. The molecule has 1 aromatic carbocycles. The van der Waals surface area contributed by atoms with Crippen LogP contribution in [0.5, 0.6) is 0 Å². The number of carbonyl (C=O) groups excluding carboxylic acids is 2. The van der Waals surface area contributed by atoms with E-state index in [0.29, 0.717) is 38.0 Å². The van der Waals surface area contributed by atoms with Gasteiger partial charge in [0.25, 0.3) is 5.91 Å². The minimum absolute atomic E-state index is 0.0376. The Morgan fingerprint density at radius 2 is 1.75 bits per heavy atom. The zero-order valence-corrected chi connectivity index (χ0v) is 17.9. The number of rotatable bonds is 7. The molecule has 0 aliphatic carbocycles. The fraction of sp³-hybridized carbons (Fsp3) is 0.600. The Labute approximate surface area is 167 Å². The fourth-order valence-electron chi connectivity index (χ4n) is 3.66. The van der Waals surface area contributed by atoms with Gasteiger partial charge in [0.2, 0.25) is 10.0 Å². The molecule has 1 heterocycles. The minimum Gasteiger partial charge on any atom is -0.452 e. The Bertz CT molecular complexity index is 795. The van der Waals surface area contributed by atoms with Crippen LogP contribution in [-0.2, 0) is 19.6 Å². The molecule has 1 fully saturated rings. The van der Waals surface area contributed by atoms with Gasteiger partial charge >= 0.3 is 5.97 Å². The van der Waals surface area contributed by atoms with Gasteiger partial charge in [-0.15, -0.1) is 0 Å². The maximum Gasteiger partial charge on any atom is 0.338 e. The van der Waals surface area contributed by atoms with E-state index < -0.39 is 16.0 Å². The van der Waals surface area contributed by atoms with Crippen molar-refractivity contribution in [1.29, 1.82) is 0 Å². The molecule has 156 valence electrons. The number of hydrogen-bond acceptors (Lipinski definition) is 5. The van der Waals surface area contributed by atoms with Gasteiger partial charge < -0.3 is 9.64 Å². The summed E-state index contributed by atoms with van der Waals surface area (Å²) in [5, 5.41) is 0. The van der Waals surface area contributed by atoms with Crippen molar-refractivity contribution >= 4 is 21.9 Å². The smallest absolute Gasteiger partial charge is 0.338 e. The fourth-order valence-corrected chi connectivity index (χ4v) is 5.17. The summed E-state index contributed by atoms with van der Waals surface area (Å²) in [6, 6.07) is 5.74. The molecule has 0 N–H and O–H groups in total. The first-order chi connectivity index (χ1) is 13.2. The van der Waals surface area contributed by atoms with Gasteiger partial charge in [-0.1, -0.05) is 33.8 Å². The topological polar surface area (TPSA) is 84.0 Å². The zero-order valence-electron chi connectivity index (χ0n) is 17.1. The molecule has 0 radical (unpaired) electrons. The lowest BCUT2D eigenvalue weighted by atomic mass is 9.92. The summed E-state index contributed by atoms with van der Waals surface area (Å²) in [4.78, 5) is 26.5. The Hall–Kier alpha value is -1.93. The van der Waals surface area contributed by atoms with Gasteiger partial charge in [-0.25, -0.2) is 13.2 Å². The van der Waals surface area contributed by atoms with E-state index in [-0.39, 0.29) is 23.0 Å². The van der Waals surface area contributed by atoms with Gasteiger partial charge in [0, 0.05) is 26.2 Å². The van der Waals surface area contributed by atoms with Crippen molar-refractivity contribution in [2.24, 2.45) is 11.8 Å². The summed E-state index contributed by atoms with van der Waals surface area (Å²) in [6.07, 6.45) is 1.08. The summed E-state index contributed by atoms with van der Waals surface area (Å²) >= 11 is 0. The first-order valence-corrected chi connectivity index (χ1v) is 11.2. The zero-order chi connectivity index (χ0) is 20.9. The van der Waals surface area contributed by atoms with Crippen molar-refractivity contribution in [3.05, 3.63) is 29.8 Å². The molecule has 1 amide bonds. The predicted octanol–water partition coefficient (Wildman–Crippen LogP) is 2.38. The van der Waals surface area contributed by atoms with Gasteiger partial charge in [-0.3, -0.25) is 4.79 Å². The van der Waals surface area contributed by atoms with Gasteiger partial charge in [0.05, 0.1) is 10.5 Å². The number of esters is 1. The van der Waals surface area contributed by atoms with E-state index in [9.17, 15) is 18.0 Å². The van der Waals surface area contributed by atoms with E-state index in [4.69, 9.17) is 4.74 Å². The molecule has 0 bridgehead atoms. The van der Waals surface area contributed by atoms with Crippen LogP contribution >= 0.6 is 0 Å². The van der Waals surface area contributed by atoms with E-state index in [1.165, 1.54) is 28.6 Å². The number of nitrogens with zero attached hydrogens (tertiary/aromatic N) is 2. The molecule has 0 aromatic heterocycles. The molecular weight excluding hydrogens is 380 g/mol. The number of ether oxygens (including phenoxy) is 1. The van der Waals surface area contributed by atoms with Crippen LogP contribution in [0.25, 0.3) is 0 Å². The van der Waals surface area contributed by atoms with Crippen LogP contribution in [0.15, 0.2) is 29.2 Å².